The number of nitrogens with zero attached hydrogens (tertiary/aromatic N) is 1. The van der Waals surface area contributed by atoms with Crippen LogP contribution in [-0.2, 0) is 10.2 Å². The predicted molar refractivity (Wildman–Crippen MR) is 119 cm³/mol. The third kappa shape index (κ3) is 3.49. The quantitative estimate of drug-likeness (QED) is 0.673. The normalized spacial score (nSPS) is 15.4. The molecule has 30 heavy (non-hydrogen) atoms. The summed E-state index contributed by atoms with van der Waals surface area (Å²) in [5, 5.41) is 3.29. The lowest BCUT2D eigenvalue weighted by Gasteiger charge is -2.27. The molecule has 0 atom stereocenters. The Morgan fingerprint density at radius 1 is 1.13 bits per heavy atom. The van der Waals surface area contributed by atoms with Gasteiger partial charge in [0.25, 0.3) is 5.91 Å². The van der Waals surface area contributed by atoms with Crippen molar-refractivity contribution in [2.75, 3.05) is 16.8 Å². The molecule has 3 aromatic rings. The Morgan fingerprint density at radius 2 is 1.90 bits per heavy atom. The molecule has 1 aromatic heterocycles. The fourth-order valence-electron chi connectivity index (χ4n) is 4.20. The Hall–Kier alpha value is -3.41. The van der Waals surface area contributed by atoms with Crippen LogP contribution < -0.4 is 15.6 Å². The van der Waals surface area contributed by atoms with Crippen LogP contribution in [0.3, 0.4) is 0 Å². The number of pyridine rings is 1. The van der Waals surface area contributed by atoms with Crippen LogP contribution in [0.25, 0.3) is 10.9 Å². The highest BCUT2D eigenvalue weighted by Crippen LogP contribution is 2.40. The molecule has 4 rings (SSSR count). The first-order chi connectivity index (χ1) is 14.3. The van der Waals surface area contributed by atoms with Crippen molar-refractivity contribution in [3.8, 4) is 0 Å². The van der Waals surface area contributed by atoms with Gasteiger partial charge in [0.15, 0.2) is 0 Å². The maximum Gasteiger partial charge on any atom is 0.261 e. The SMILES string of the molecule is CC(=O)N1CCCC(C)(C)c2ccc(NC(=O)c3c[nH]c4ccccc4c3=O)cc21. The number of aromatic amines is 1. The lowest BCUT2D eigenvalue weighted by atomic mass is 9.80. The van der Waals surface area contributed by atoms with Gasteiger partial charge in [-0.05, 0) is 48.1 Å². The largest absolute Gasteiger partial charge is 0.360 e. The van der Waals surface area contributed by atoms with Crippen LogP contribution in [-0.4, -0.2) is 23.3 Å². The molecule has 2 aromatic carbocycles. The summed E-state index contributed by atoms with van der Waals surface area (Å²) in [4.78, 5) is 42.6. The van der Waals surface area contributed by atoms with Crippen molar-refractivity contribution in [1.29, 1.82) is 0 Å². The topological polar surface area (TPSA) is 82.3 Å². The van der Waals surface area contributed by atoms with Crippen molar-refractivity contribution in [1.82, 2.24) is 4.98 Å². The number of carbonyl (C=O) groups excluding carboxylic acids is 2. The van der Waals surface area contributed by atoms with E-state index >= 15 is 0 Å². The molecule has 1 aliphatic heterocycles. The summed E-state index contributed by atoms with van der Waals surface area (Å²) in [6.45, 7) is 6.54. The first kappa shape index (κ1) is 19.9. The van der Waals surface area contributed by atoms with Gasteiger partial charge in [-0.2, -0.15) is 0 Å². The molecule has 6 nitrogen and oxygen atoms in total. The highest BCUT2D eigenvalue weighted by molar-refractivity contribution is 6.06. The van der Waals surface area contributed by atoms with Gasteiger partial charge >= 0.3 is 0 Å². The average molecular weight is 403 g/mol. The van der Waals surface area contributed by atoms with Gasteiger partial charge in [0, 0.05) is 41.9 Å². The first-order valence-electron chi connectivity index (χ1n) is 10.1. The Balaban J connectivity index is 1.71. The molecule has 0 unspecified atom stereocenters. The number of nitrogens with one attached hydrogen (secondary N) is 2. The summed E-state index contributed by atoms with van der Waals surface area (Å²) in [7, 11) is 0. The molecule has 0 spiro atoms. The number of aromatic nitrogens is 1. The van der Waals surface area contributed by atoms with Crippen LogP contribution in [0.4, 0.5) is 11.4 Å². The molecular formula is C24H25N3O3. The minimum Gasteiger partial charge on any atom is -0.360 e. The van der Waals surface area contributed by atoms with Crippen LogP contribution in [0.1, 0.15) is 49.5 Å². The molecule has 0 bridgehead atoms. The van der Waals surface area contributed by atoms with E-state index in [9.17, 15) is 14.4 Å². The second-order valence-electron chi connectivity index (χ2n) is 8.42. The molecule has 2 N–H and O–H groups in total. The van der Waals surface area contributed by atoms with Crippen molar-refractivity contribution < 1.29 is 9.59 Å². The molecule has 2 amide bonds. The number of fused-ring (bicyclic) bond motifs is 2. The molecular weight excluding hydrogens is 378 g/mol. The van der Waals surface area contributed by atoms with E-state index in [4.69, 9.17) is 0 Å². The van der Waals surface area contributed by atoms with Gasteiger partial charge in [0.2, 0.25) is 11.3 Å². The summed E-state index contributed by atoms with van der Waals surface area (Å²) < 4.78 is 0. The van der Waals surface area contributed by atoms with E-state index in [0.29, 0.717) is 23.1 Å². The van der Waals surface area contributed by atoms with Crippen LogP contribution in [0, 0.1) is 0 Å². The molecule has 0 saturated heterocycles. The fourth-order valence-corrected chi connectivity index (χ4v) is 4.20. The molecule has 2 heterocycles. The summed E-state index contributed by atoms with van der Waals surface area (Å²) in [5.41, 5.74) is 2.79. The Kier molecular flexibility index (Phi) is 4.94. The average Bonchev–Trinajstić information content (AvgIpc) is 2.84. The second-order valence-corrected chi connectivity index (χ2v) is 8.42. The number of hydrogen-bond donors (Lipinski definition) is 2. The van der Waals surface area contributed by atoms with Crippen LogP contribution in [0.2, 0.25) is 0 Å². The molecule has 0 radical (unpaired) electrons. The molecule has 154 valence electrons. The summed E-state index contributed by atoms with van der Waals surface area (Å²) >= 11 is 0. The van der Waals surface area contributed by atoms with Gasteiger partial charge in [-0.15, -0.1) is 0 Å². The van der Waals surface area contributed by atoms with E-state index in [0.717, 1.165) is 24.1 Å². The number of amides is 2. The van der Waals surface area contributed by atoms with Gasteiger partial charge in [-0.3, -0.25) is 14.4 Å². The molecule has 0 aliphatic carbocycles. The smallest absolute Gasteiger partial charge is 0.261 e. The highest BCUT2D eigenvalue weighted by atomic mass is 16.2. The van der Waals surface area contributed by atoms with Gasteiger partial charge in [0.1, 0.15) is 5.56 Å². The number of carbonyl (C=O) groups is 2. The van der Waals surface area contributed by atoms with Crippen molar-refractivity contribution >= 4 is 34.1 Å². The Labute approximate surface area is 174 Å². The lowest BCUT2D eigenvalue weighted by Crippen LogP contribution is -2.29. The third-order valence-electron chi connectivity index (χ3n) is 5.87. The number of rotatable bonds is 2. The Morgan fingerprint density at radius 3 is 2.67 bits per heavy atom. The van der Waals surface area contributed by atoms with Crippen molar-refractivity contribution in [3.05, 3.63) is 70.0 Å². The molecule has 0 saturated carbocycles. The van der Waals surface area contributed by atoms with Crippen LogP contribution in [0.15, 0.2) is 53.5 Å². The number of H-pyrrole nitrogens is 1. The van der Waals surface area contributed by atoms with E-state index in [1.807, 2.05) is 24.3 Å². The predicted octanol–water partition coefficient (Wildman–Crippen LogP) is 4.20. The number of benzene rings is 2. The van der Waals surface area contributed by atoms with Gasteiger partial charge < -0.3 is 15.2 Å². The van der Waals surface area contributed by atoms with E-state index in [2.05, 4.69) is 24.1 Å². The standard InChI is InChI=1S/C24H25N3O3/c1-15(28)27-12-6-11-24(2,3)19-10-9-16(13-21(19)27)26-23(30)18-14-25-20-8-5-4-7-17(20)22(18)29/h4-5,7-10,13-14H,6,11-12H2,1-3H3,(H,25,29)(H,26,30). The first-order valence-corrected chi connectivity index (χ1v) is 10.1. The number of anilines is 2. The number of hydrogen-bond acceptors (Lipinski definition) is 3. The van der Waals surface area contributed by atoms with Gasteiger partial charge in [0.05, 0.1) is 0 Å². The monoisotopic (exact) mass is 403 g/mol. The summed E-state index contributed by atoms with van der Waals surface area (Å²) in [6, 6.07) is 12.7. The fraction of sp³-hybridized carbons (Fsp3) is 0.292. The minimum absolute atomic E-state index is 0.0246. The third-order valence-corrected chi connectivity index (χ3v) is 5.87. The van der Waals surface area contributed by atoms with Gasteiger partial charge in [-0.1, -0.05) is 32.0 Å². The van der Waals surface area contributed by atoms with Crippen molar-refractivity contribution in [2.24, 2.45) is 0 Å². The van der Waals surface area contributed by atoms with Crippen molar-refractivity contribution in [3.63, 3.8) is 0 Å². The van der Waals surface area contributed by atoms with E-state index in [1.54, 1.807) is 30.0 Å². The zero-order valence-electron chi connectivity index (χ0n) is 17.4. The van der Waals surface area contributed by atoms with E-state index < -0.39 is 5.91 Å². The lowest BCUT2D eigenvalue weighted by molar-refractivity contribution is -0.116. The zero-order chi connectivity index (χ0) is 21.5. The highest BCUT2D eigenvalue weighted by Gasteiger charge is 2.30. The molecule has 0 fully saturated rings. The molecule has 6 heteroatoms. The number of para-hydroxylation sites is 1. The summed E-state index contributed by atoms with van der Waals surface area (Å²) in [5.74, 6) is -0.507. The second kappa shape index (κ2) is 7.44. The van der Waals surface area contributed by atoms with Crippen LogP contribution in [0.5, 0.6) is 0 Å². The zero-order valence-corrected chi connectivity index (χ0v) is 17.4. The molecule has 1 aliphatic rings. The van der Waals surface area contributed by atoms with Crippen LogP contribution >= 0.6 is 0 Å². The maximum absolute atomic E-state index is 12.8. The van der Waals surface area contributed by atoms with E-state index in [-0.39, 0.29) is 22.3 Å². The summed E-state index contributed by atoms with van der Waals surface area (Å²) in [6.07, 6.45) is 3.33. The maximum atomic E-state index is 12.8. The minimum atomic E-state index is -0.482. The van der Waals surface area contributed by atoms with Crippen molar-refractivity contribution in [2.45, 2.75) is 39.0 Å². The Bertz CT molecular complexity index is 1210. The van der Waals surface area contributed by atoms with E-state index in [1.165, 1.54) is 6.20 Å². The van der Waals surface area contributed by atoms with Gasteiger partial charge in [-0.25, -0.2) is 0 Å².